The summed E-state index contributed by atoms with van der Waals surface area (Å²) in [7, 11) is 0. The topological polar surface area (TPSA) is 59.3 Å². The quantitative estimate of drug-likeness (QED) is 0.440. The smallest absolute Gasteiger partial charge is 0.305 e. The predicted octanol–water partition coefficient (Wildman–Crippen LogP) is 1.65. The molecule has 4 heteroatoms. The Bertz CT molecular complexity index is 186. The van der Waals surface area contributed by atoms with Gasteiger partial charge in [-0.15, -0.1) is 0 Å². The highest BCUT2D eigenvalue weighted by atomic mass is 16.5. The van der Waals surface area contributed by atoms with Crippen molar-refractivity contribution in [3.8, 4) is 6.07 Å². The molecule has 0 aromatic carbocycles. The SMILES string of the molecule is CCC(=O)OCCCCOCCC#N. The first kappa shape index (κ1) is 12.9. The molecule has 0 fully saturated rings. The van der Waals surface area contributed by atoms with Crippen LogP contribution < -0.4 is 0 Å². The van der Waals surface area contributed by atoms with Crippen LogP contribution in [0, 0.1) is 11.3 Å². The van der Waals surface area contributed by atoms with E-state index in [9.17, 15) is 4.79 Å². The molecule has 0 spiro atoms. The van der Waals surface area contributed by atoms with Gasteiger partial charge in [0.25, 0.3) is 0 Å². The lowest BCUT2D eigenvalue weighted by Gasteiger charge is -2.03. The molecule has 0 saturated heterocycles. The molecule has 0 N–H and O–H groups in total. The van der Waals surface area contributed by atoms with Crippen molar-refractivity contribution in [1.29, 1.82) is 5.26 Å². The summed E-state index contributed by atoms with van der Waals surface area (Å²) < 4.78 is 10.0. The van der Waals surface area contributed by atoms with Crippen molar-refractivity contribution < 1.29 is 14.3 Å². The molecule has 0 amide bonds. The first-order valence-corrected chi connectivity index (χ1v) is 4.91. The van der Waals surface area contributed by atoms with Gasteiger partial charge in [-0.2, -0.15) is 5.26 Å². The van der Waals surface area contributed by atoms with Crippen molar-refractivity contribution in [3.05, 3.63) is 0 Å². The zero-order valence-electron chi connectivity index (χ0n) is 8.62. The number of rotatable bonds is 8. The van der Waals surface area contributed by atoms with Crippen molar-refractivity contribution >= 4 is 5.97 Å². The van der Waals surface area contributed by atoms with Crippen LogP contribution in [0.2, 0.25) is 0 Å². The second kappa shape index (κ2) is 10.0. The van der Waals surface area contributed by atoms with E-state index >= 15 is 0 Å². The maximum absolute atomic E-state index is 10.7. The average Bonchev–Trinajstić information content (AvgIpc) is 2.21. The van der Waals surface area contributed by atoms with Gasteiger partial charge in [0.2, 0.25) is 0 Å². The Balaban J connectivity index is 3.00. The predicted molar refractivity (Wildman–Crippen MR) is 51.5 cm³/mol. The molecule has 0 aromatic heterocycles. The molecule has 0 bridgehead atoms. The van der Waals surface area contributed by atoms with Crippen LogP contribution in [-0.2, 0) is 14.3 Å². The lowest BCUT2D eigenvalue weighted by atomic mass is 10.3. The van der Waals surface area contributed by atoms with Gasteiger partial charge >= 0.3 is 5.97 Å². The highest BCUT2D eigenvalue weighted by molar-refractivity contribution is 5.68. The Labute approximate surface area is 84.8 Å². The normalized spacial score (nSPS) is 9.43. The summed E-state index contributed by atoms with van der Waals surface area (Å²) in [6.45, 7) is 3.36. The number of carbonyl (C=O) groups is 1. The lowest BCUT2D eigenvalue weighted by molar-refractivity contribution is -0.143. The van der Waals surface area contributed by atoms with E-state index in [1.165, 1.54) is 0 Å². The van der Waals surface area contributed by atoms with Crippen molar-refractivity contribution in [2.24, 2.45) is 0 Å². The van der Waals surface area contributed by atoms with Crippen molar-refractivity contribution in [1.82, 2.24) is 0 Å². The maximum Gasteiger partial charge on any atom is 0.305 e. The largest absolute Gasteiger partial charge is 0.466 e. The molecule has 0 unspecified atom stereocenters. The minimum atomic E-state index is -0.157. The van der Waals surface area contributed by atoms with Gasteiger partial charge in [-0.1, -0.05) is 6.92 Å². The van der Waals surface area contributed by atoms with Crippen LogP contribution in [0.4, 0.5) is 0 Å². The molecule has 14 heavy (non-hydrogen) atoms. The monoisotopic (exact) mass is 199 g/mol. The van der Waals surface area contributed by atoms with Gasteiger partial charge in [0.05, 0.1) is 25.7 Å². The van der Waals surface area contributed by atoms with Crippen LogP contribution >= 0.6 is 0 Å². The summed E-state index contributed by atoms with van der Waals surface area (Å²) >= 11 is 0. The Kier molecular flexibility index (Phi) is 9.23. The Morgan fingerprint density at radius 3 is 2.64 bits per heavy atom. The molecule has 0 aliphatic rings. The second-order valence-corrected chi connectivity index (χ2v) is 2.80. The number of nitriles is 1. The number of nitrogens with zero attached hydrogens (tertiary/aromatic N) is 1. The van der Waals surface area contributed by atoms with Crippen LogP contribution in [0.5, 0.6) is 0 Å². The van der Waals surface area contributed by atoms with E-state index in [0.717, 1.165) is 12.8 Å². The summed E-state index contributed by atoms with van der Waals surface area (Å²) in [4.78, 5) is 10.7. The Morgan fingerprint density at radius 2 is 2.00 bits per heavy atom. The molecule has 0 aliphatic heterocycles. The van der Waals surface area contributed by atoms with E-state index in [1.54, 1.807) is 6.92 Å². The number of unbranched alkanes of at least 4 members (excludes halogenated alkanes) is 1. The first-order valence-electron chi connectivity index (χ1n) is 4.91. The van der Waals surface area contributed by atoms with Gasteiger partial charge in [-0.25, -0.2) is 0 Å². The summed E-state index contributed by atoms with van der Waals surface area (Å²) in [5.41, 5.74) is 0. The molecule has 0 atom stereocenters. The van der Waals surface area contributed by atoms with E-state index < -0.39 is 0 Å². The number of carbonyl (C=O) groups excluding carboxylic acids is 1. The number of hydrogen-bond donors (Lipinski definition) is 0. The van der Waals surface area contributed by atoms with Gasteiger partial charge < -0.3 is 9.47 Å². The van der Waals surface area contributed by atoms with E-state index in [-0.39, 0.29) is 5.97 Å². The van der Waals surface area contributed by atoms with E-state index in [0.29, 0.717) is 32.7 Å². The van der Waals surface area contributed by atoms with Crippen molar-refractivity contribution in [2.75, 3.05) is 19.8 Å². The standard InChI is InChI=1S/C10H17NO3/c1-2-10(12)14-9-4-3-7-13-8-5-6-11/h2-5,7-9H2,1H3. The van der Waals surface area contributed by atoms with Gasteiger partial charge in [0.1, 0.15) is 0 Å². The van der Waals surface area contributed by atoms with Crippen LogP contribution in [0.3, 0.4) is 0 Å². The average molecular weight is 199 g/mol. The summed E-state index contributed by atoms with van der Waals surface area (Å²) in [6.07, 6.45) is 2.55. The third kappa shape index (κ3) is 9.01. The third-order valence-electron chi connectivity index (χ3n) is 1.59. The van der Waals surface area contributed by atoms with Gasteiger partial charge in [0.15, 0.2) is 0 Å². The highest BCUT2D eigenvalue weighted by Gasteiger charge is 1.96. The fraction of sp³-hybridized carbons (Fsp3) is 0.800. The van der Waals surface area contributed by atoms with E-state index in [4.69, 9.17) is 14.7 Å². The molecule has 0 saturated carbocycles. The molecule has 0 heterocycles. The number of ether oxygens (including phenoxy) is 2. The van der Waals surface area contributed by atoms with E-state index in [2.05, 4.69) is 0 Å². The molecule has 0 aliphatic carbocycles. The molecule has 4 nitrogen and oxygen atoms in total. The molecule has 0 aromatic rings. The van der Waals surface area contributed by atoms with Crippen LogP contribution in [-0.4, -0.2) is 25.8 Å². The maximum atomic E-state index is 10.7. The van der Waals surface area contributed by atoms with Crippen LogP contribution in [0.15, 0.2) is 0 Å². The molecule has 0 radical (unpaired) electrons. The van der Waals surface area contributed by atoms with Crippen LogP contribution in [0.1, 0.15) is 32.6 Å². The van der Waals surface area contributed by atoms with Crippen molar-refractivity contribution in [3.63, 3.8) is 0 Å². The third-order valence-corrected chi connectivity index (χ3v) is 1.59. The first-order chi connectivity index (χ1) is 6.81. The van der Waals surface area contributed by atoms with Crippen molar-refractivity contribution in [2.45, 2.75) is 32.6 Å². The number of hydrogen-bond acceptors (Lipinski definition) is 4. The van der Waals surface area contributed by atoms with Gasteiger partial charge in [0, 0.05) is 13.0 Å². The second-order valence-electron chi connectivity index (χ2n) is 2.80. The summed E-state index contributed by atoms with van der Waals surface area (Å²) in [5.74, 6) is -0.157. The molecule has 0 rings (SSSR count). The minimum Gasteiger partial charge on any atom is -0.466 e. The van der Waals surface area contributed by atoms with Crippen LogP contribution in [0.25, 0.3) is 0 Å². The Hall–Kier alpha value is -1.08. The molecular formula is C10H17NO3. The van der Waals surface area contributed by atoms with E-state index in [1.807, 2.05) is 6.07 Å². The molecular weight excluding hydrogens is 182 g/mol. The van der Waals surface area contributed by atoms with Gasteiger partial charge in [-0.3, -0.25) is 4.79 Å². The van der Waals surface area contributed by atoms with Gasteiger partial charge in [-0.05, 0) is 12.8 Å². The lowest BCUT2D eigenvalue weighted by Crippen LogP contribution is -2.05. The molecule has 80 valence electrons. The number of esters is 1. The summed E-state index contributed by atoms with van der Waals surface area (Å²) in [6, 6.07) is 2.00. The zero-order valence-corrected chi connectivity index (χ0v) is 8.62. The minimum absolute atomic E-state index is 0.157. The summed E-state index contributed by atoms with van der Waals surface area (Å²) in [5, 5.41) is 8.21. The zero-order chi connectivity index (χ0) is 10.6. The Morgan fingerprint density at radius 1 is 1.29 bits per heavy atom. The highest BCUT2D eigenvalue weighted by Crippen LogP contribution is 1.94. The fourth-order valence-corrected chi connectivity index (χ4v) is 0.814. The fourth-order valence-electron chi connectivity index (χ4n) is 0.814.